The molecule has 0 amide bonds. The standard InChI is InChI=1S/C16H20N2/c1-2-12-18(13-14-6-4-3-5-7-14)16-10-8-15(17)9-11-16/h3-11H,2,12-13,17H2,1H3. The summed E-state index contributed by atoms with van der Waals surface area (Å²) in [6.45, 7) is 4.20. The molecule has 2 aromatic rings. The molecule has 0 aliphatic carbocycles. The summed E-state index contributed by atoms with van der Waals surface area (Å²) in [5, 5.41) is 0. The van der Waals surface area contributed by atoms with Crippen LogP contribution >= 0.6 is 0 Å². The van der Waals surface area contributed by atoms with E-state index in [4.69, 9.17) is 5.73 Å². The Labute approximate surface area is 109 Å². The first-order valence-electron chi connectivity index (χ1n) is 6.44. The van der Waals surface area contributed by atoms with Crippen molar-refractivity contribution in [3.8, 4) is 0 Å². The van der Waals surface area contributed by atoms with Crippen LogP contribution in [0.4, 0.5) is 11.4 Å². The third-order valence-electron chi connectivity index (χ3n) is 2.97. The molecule has 0 radical (unpaired) electrons. The molecule has 94 valence electrons. The zero-order valence-electron chi connectivity index (χ0n) is 10.8. The van der Waals surface area contributed by atoms with E-state index >= 15 is 0 Å². The van der Waals surface area contributed by atoms with Crippen molar-refractivity contribution < 1.29 is 0 Å². The quantitative estimate of drug-likeness (QED) is 0.808. The van der Waals surface area contributed by atoms with Crippen LogP contribution in [0.15, 0.2) is 54.6 Å². The summed E-state index contributed by atoms with van der Waals surface area (Å²) in [5.74, 6) is 0. The van der Waals surface area contributed by atoms with Gasteiger partial charge in [0.15, 0.2) is 0 Å². The molecule has 0 unspecified atom stereocenters. The van der Waals surface area contributed by atoms with Gasteiger partial charge in [-0.1, -0.05) is 37.3 Å². The van der Waals surface area contributed by atoms with Crippen molar-refractivity contribution in [2.24, 2.45) is 0 Å². The van der Waals surface area contributed by atoms with E-state index in [1.807, 2.05) is 12.1 Å². The van der Waals surface area contributed by atoms with E-state index in [1.165, 1.54) is 11.3 Å². The molecule has 2 N–H and O–H groups in total. The average molecular weight is 240 g/mol. The van der Waals surface area contributed by atoms with Gasteiger partial charge in [0.05, 0.1) is 0 Å². The fourth-order valence-corrected chi connectivity index (χ4v) is 2.06. The fraction of sp³-hybridized carbons (Fsp3) is 0.250. The van der Waals surface area contributed by atoms with Crippen LogP contribution in [-0.4, -0.2) is 6.54 Å². The van der Waals surface area contributed by atoms with Crippen LogP contribution in [0.1, 0.15) is 18.9 Å². The van der Waals surface area contributed by atoms with Crippen LogP contribution in [-0.2, 0) is 6.54 Å². The van der Waals surface area contributed by atoms with Crippen molar-refractivity contribution in [3.63, 3.8) is 0 Å². The number of hydrogen-bond donors (Lipinski definition) is 1. The van der Waals surface area contributed by atoms with E-state index < -0.39 is 0 Å². The van der Waals surface area contributed by atoms with Crippen LogP contribution in [0.3, 0.4) is 0 Å². The monoisotopic (exact) mass is 240 g/mol. The molecule has 2 heteroatoms. The molecular weight excluding hydrogens is 220 g/mol. The van der Waals surface area contributed by atoms with Crippen molar-refractivity contribution in [3.05, 3.63) is 60.2 Å². The van der Waals surface area contributed by atoms with Crippen LogP contribution < -0.4 is 10.6 Å². The van der Waals surface area contributed by atoms with Gasteiger partial charge in [0.25, 0.3) is 0 Å². The highest BCUT2D eigenvalue weighted by atomic mass is 15.1. The van der Waals surface area contributed by atoms with Gasteiger partial charge in [-0.2, -0.15) is 0 Å². The average Bonchev–Trinajstić information content (AvgIpc) is 2.40. The van der Waals surface area contributed by atoms with Crippen molar-refractivity contribution in [1.82, 2.24) is 0 Å². The Hall–Kier alpha value is -1.96. The topological polar surface area (TPSA) is 29.3 Å². The van der Waals surface area contributed by atoms with Gasteiger partial charge in [0, 0.05) is 24.5 Å². The Morgan fingerprint density at radius 3 is 2.22 bits per heavy atom. The molecule has 0 bridgehead atoms. The molecule has 2 aromatic carbocycles. The predicted octanol–water partition coefficient (Wildman–Crippen LogP) is 3.69. The molecular formula is C16H20N2. The summed E-state index contributed by atoms with van der Waals surface area (Å²) < 4.78 is 0. The van der Waals surface area contributed by atoms with Gasteiger partial charge >= 0.3 is 0 Å². The van der Waals surface area contributed by atoms with E-state index in [9.17, 15) is 0 Å². The number of benzene rings is 2. The smallest absolute Gasteiger partial charge is 0.0429 e. The van der Waals surface area contributed by atoms with Crippen molar-refractivity contribution in [2.75, 3.05) is 17.2 Å². The highest BCUT2D eigenvalue weighted by molar-refractivity contribution is 5.53. The Bertz CT molecular complexity index is 462. The van der Waals surface area contributed by atoms with Crippen LogP contribution in [0.5, 0.6) is 0 Å². The van der Waals surface area contributed by atoms with Gasteiger partial charge in [0.2, 0.25) is 0 Å². The molecule has 0 aromatic heterocycles. The molecule has 0 heterocycles. The van der Waals surface area contributed by atoms with Gasteiger partial charge < -0.3 is 10.6 Å². The number of anilines is 2. The van der Waals surface area contributed by atoms with Gasteiger partial charge in [-0.3, -0.25) is 0 Å². The van der Waals surface area contributed by atoms with Gasteiger partial charge in [-0.15, -0.1) is 0 Å². The summed E-state index contributed by atoms with van der Waals surface area (Å²) >= 11 is 0. The summed E-state index contributed by atoms with van der Waals surface area (Å²) in [6.07, 6.45) is 1.14. The van der Waals surface area contributed by atoms with Crippen LogP contribution in [0.2, 0.25) is 0 Å². The Balaban J connectivity index is 2.15. The lowest BCUT2D eigenvalue weighted by molar-refractivity contribution is 0.767. The van der Waals surface area contributed by atoms with E-state index in [2.05, 4.69) is 54.3 Å². The molecule has 2 nitrogen and oxygen atoms in total. The van der Waals surface area contributed by atoms with Gasteiger partial charge in [-0.05, 0) is 36.2 Å². The highest BCUT2D eigenvalue weighted by Gasteiger charge is 2.05. The van der Waals surface area contributed by atoms with E-state index in [0.717, 1.165) is 25.2 Å². The van der Waals surface area contributed by atoms with E-state index in [1.54, 1.807) is 0 Å². The minimum atomic E-state index is 0.815. The second kappa shape index (κ2) is 6.10. The molecule has 0 aliphatic heterocycles. The lowest BCUT2D eigenvalue weighted by atomic mass is 10.2. The normalized spacial score (nSPS) is 10.3. The van der Waals surface area contributed by atoms with Gasteiger partial charge in [0.1, 0.15) is 0 Å². The number of hydrogen-bond acceptors (Lipinski definition) is 2. The lowest BCUT2D eigenvalue weighted by Gasteiger charge is -2.24. The molecule has 0 fully saturated rings. The molecule has 0 spiro atoms. The summed E-state index contributed by atoms with van der Waals surface area (Å²) in [5.41, 5.74) is 9.12. The number of rotatable bonds is 5. The zero-order chi connectivity index (χ0) is 12.8. The predicted molar refractivity (Wildman–Crippen MR) is 78.6 cm³/mol. The SMILES string of the molecule is CCCN(Cc1ccccc1)c1ccc(N)cc1. The van der Waals surface area contributed by atoms with Gasteiger partial charge in [-0.25, -0.2) is 0 Å². The van der Waals surface area contributed by atoms with Crippen LogP contribution in [0.25, 0.3) is 0 Å². The Morgan fingerprint density at radius 2 is 1.61 bits per heavy atom. The van der Waals surface area contributed by atoms with Crippen LogP contribution in [0, 0.1) is 0 Å². The van der Waals surface area contributed by atoms with E-state index in [-0.39, 0.29) is 0 Å². The lowest BCUT2D eigenvalue weighted by Crippen LogP contribution is -2.23. The number of nitrogens with zero attached hydrogens (tertiary/aromatic N) is 1. The highest BCUT2D eigenvalue weighted by Crippen LogP contribution is 2.19. The second-order valence-corrected chi connectivity index (χ2v) is 4.50. The first-order valence-corrected chi connectivity index (χ1v) is 6.44. The van der Waals surface area contributed by atoms with Crippen molar-refractivity contribution in [2.45, 2.75) is 19.9 Å². The van der Waals surface area contributed by atoms with Crippen molar-refractivity contribution >= 4 is 11.4 Å². The first-order chi connectivity index (χ1) is 8.79. The molecule has 18 heavy (non-hydrogen) atoms. The largest absolute Gasteiger partial charge is 0.399 e. The maximum atomic E-state index is 5.73. The van der Waals surface area contributed by atoms with E-state index in [0.29, 0.717) is 0 Å². The maximum Gasteiger partial charge on any atom is 0.0429 e. The first kappa shape index (κ1) is 12.5. The molecule has 2 rings (SSSR count). The summed E-state index contributed by atoms with van der Waals surface area (Å²) in [7, 11) is 0. The second-order valence-electron chi connectivity index (χ2n) is 4.50. The zero-order valence-corrected chi connectivity index (χ0v) is 10.8. The molecule has 0 aliphatic rings. The maximum absolute atomic E-state index is 5.73. The third kappa shape index (κ3) is 3.27. The summed E-state index contributed by atoms with van der Waals surface area (Å²) in [4.78, 5) is 2.38. The number of nitrogens with two attached hydrogens (primary N) is 1. The minimum Gasteiger partial charge on any atom is -0.399 e. The summed E-state index contributed by atoms with van der Waals surface area (Å²) in [6, 6.07) is 18.7. The Kier molecular flexibility index (Phi) is 4.24. The third-order valence-corrected chi connectivity index (χ3v) is 2.97. The van der Waals surface area contributed by atoms with Crippen molar-refractivity contribution in [1.29, 1.82) is 0 Å². The molecule has 0 saturated heterocycles. The fourth-order valence-electron chi connectivity index (χ4n) is 2.06. The Morgan fingerprint density at radius 1 is 0.944 bits per heavy atom. The molecule has 0 atom stereocenters. The number of nitrogen functional groups attached to an aromatic ring is 1. The minimum absolute atomic E-state index is 0.815. The molecule has 0 saturated carbocycles.